The zero-order valence-corrected chi connectivity index (χ0v) is 14.1. The monoisotopic (exact) mass is 326 g/mol. The van der Waals surface area contributed by atoms with Gasteiger partial charge in [-0.2, -0.15) is 11.8 Å². The summed E-state index contributed by atoms with van der Waals surface area (Å²) in [7, 11) is 0. The predicted octanol–water partition coefficient (Wildman–Crippen LogP) is 4.48. The Kier molecular flexibility index (Phi) is 5.56. The van der Waals surface area contributed by atoms with Crippen molar-refractivity contribution in [2.75, 3.05) is 22.1 Å². The van der Waals surface area contributed by atoms with Crippen LogP contribution in [0, 0.1) is 5.82 Å². The zero-order chi connectivity index (χ0) is 16.2. The fourth-order valence-electron chi connectivity index (χ4n) is 2.21. The summed E-state index contributed by atoms with van der Waals surface area (Å²) in [6, 6.07) is 5.04. The second-order valence-electron chi connectivity index (χ2n) is 6.38. The van der Waals surface area contributed by atoms with Gasteiger partial charge in [0.05, 0.1) is 5.69 Å². The van der Waals surface area contributed by atoms with Gasteiger partial charge in [-0.3, -0.25) is 5.32 Å². The number of ether oxygens (including phenoxy) is 1. The van der Waals surface area contributed by atoms with Crippen LogP contribution in [0.4, 0.5) is 20.6 Å². The van der Waals surface area contributed by atoms with Gasteiger partial charge in [-0.1, -0.05) is 0 Å². The van der Waals surface area contributed by atoms with E-state index >= 15 is 0 Å². The third-order valence-corrected chi connectivity index (χ3v) is 4.35. The number of rotatable bonds is 3. The number of halogens is 1. The molecule has 1 unspecified atom stereocenters. The summed E-state index contributed by atoms with van der Waals surface area (Å²) in [4.78, 5) is 11.8. The van der Waals surface area contributed by atoms with Crippen molar-refractivity contribution in [3.05, 3.63) is 24.0 Å². The molecular weight excluding hydrogens is 303 g/mol. The third-order valence-electron chi connectivity index (χ3n) is 3.13. The minimum atomic E-state index is -0.656. The highest BCUT2D eigenvalue weighted by Gasteiger charge is 2.18. The van der Waals surface area contributed by atoms with Crippen LogP contribution < -0.4 is 10.6 Å². The second-order valence-corrected chi connectivity index (χ2v) is 7.53. The van der Waals surface area contributed by atoms with Gasteiger partial charge in [0.2, 0.25) is 0 Å². The summed E-state index contributed by atoms with van der Waals surface area (Å²) < 4.78 is 19.0. The first kappa shape index (κ1) is 16.9. The zero-order valence-electron chi connectivity index (χ0n) is 13.2. The predicted molar refractivity (Wildman–Crippen MR) is 90.2 cm³/mol. The van der Waals surface area contributed by atoms with Gasteiger partial charge in [0.15, 0.2) is 0 Å². The normalized spacial score (nSPS) is 18.6. The molecule has 22 heavy (non-hydrogen) atoms. The van der Waals surface area contributed by atoms with Crippen molar-refractivity contribution in [3.8, 4) is 0 Å². The molecule has 1 aliphatic heterocycles. The van der Waals surface area contributed by atoms with Gasteiger partial charge in [-0.05, 0) is 57.6 Å². The lowest BCUT2D eigenvalue weighted by Crippen LogP contribution is -2.28. The summed E-state index contributed by atoms with van der Waals surface area (Å²) in [6.45, 7) is 5.30. The highest BCUT2D eigenvalue weighted by atomic mass is 32.2. The minimum absolute atomic E-state index is 0.128. The van der Waals surface area contributed by atoms with Crippen LogP contribution in [0.1, 0.15) is 33.6 Å². The Labute approximate surface area is 135 Å². The maximum atomic E-state index is 13.8. The molecule has 4 nitrogen and oxygen atoms in total. The molecule has 1 fully saturated rings. The van der Waals surface area contributed by atoms with E-state index in [1.165, 1.54) is 18.2 Å². The van der Waals surface area contributed by atoms with Gasteiger partial charge in [0, 0.05) is 17.5 Å². The Morgan fingerprint density at radius 2 is 2.18 bits per heavy atom. The van der Waals surface area contributed by atoms with E-state index in [1.807, 2.05) is 11.8 Å². The number of hydrogen-bond acceptors (Lipinski definition) is 4. The SMILES string of the molecule is CC(C)(C)OC(=O)Nc1cc(NC2CCCSC2)ccc1F. The molecule has 0 aromatic heterocycles. The average molecular weight is 326 g/mol. The molecule has 2 N–H and O–H groups in total. The van der Waals surface area contributed by atoms with Crippen LogP contribution in [0.5, 0.6) is 0 Å². The number of anilines is 2. The Morgan fingerprint density at radius 3 is 2.82 bits per heavy atom. The van der Waals surface area contributed by atoms with E-state index in [0.29, 0.717) is 6.04 Å². The van der Waals surface area contributed by atoms with E-state index in [2.05, 4.69) is 10.6 Å². The van der Waals surface area contributed by atoms with Crippen molar-refractivity contribution in [2.45, 2.75) is 45.3 Å². The first-order valence-electron chi connectivity index (χ1n) is 7.47. The van der Waals surface area contributed by atoms with Crippen LogP contribution >= 0.6 is 11.8 Å². The molecule has 6 heteroatoms. The van der Waals surface area contributed by atoms with Crippen molar-refractivity contribution in [1.82, 2.24) is 0 Å². The Hall–Kier alpha value is -1.43. The summed E-state index contributed by atoms with van der Waals surface area (Å²) in [6.07, 6.45) is 1.64. The van der Waals surface area contributed by atoms with Crippen molar-refractivity contribution in [1.29, 1.82) is 0 Å². The number of hydrogen-bond donors (Lipinski definition) is 2. The molecule has 0 aliphatic carbocycles. The molecule has 2 rings (SSSR count). The first-order chi connectivity index (χ1) is 10.3. The molecule has 1 aromatic rings. The number of carbonyl (C=O) groups is 1. The van der Waals surface area contributed by atoms with Gasteiger partial charge in [-0.25, -0.2) is 9.18 Å². The topological polar surface area (TPSA) is 50.4 Å². The van der Waals surface area contributed by atoms with Gasteiger partial charge in [-0.15, -0.1) is 0 Å². The van der Waals surface area contributed by atoms with Crippen LogP contribution in [-0.2, 0) is 4.74 Å². The van der Waals surface area contributed by atoms with E-state index in [1.54, 1.807) is 32.9 Å². The molecule has 0 spiro atoms. The van der Waals surface area contributed by atoms with E-state index in [0.717, 1.165) is 17.9 Å². The number of carbonyl (C=O) groups excluding carboxylic acids is 1. The number of nitrogens with one attached hydrogen (secondary N) is 2. The Balaban J connectivity index is 2.01. The smallest absolute Gasteiger partial charge is 0.412 e. The van der Waals surface area contributed by atoms with E-state index < -0.39 is 17.5 Å². The van der Waals surface area contributed by atoms with Crippen LogP contribution in [-0.4, -0.2) is 29.2 Å². The largest absolute Gasteiger partial charge is 0.444 e. The van der Waals surface area contributed by atoms with Crippen LogP contribution in [0.15, 0.2) is 18.2 Å². The van der Waals surface area contributed by atoms with Crippen molar-refractivity contribution >= 4 is 29.2 Å². The fraction of sp³-hybridized carbons (Fsp3) is 0.562. The van der Waals surface area contributed by atoms with Gasteiger partial charge in [0.25, 0.3) is 0 Å². The molecule has 1 atom stereocenters. The van der Waals surface area contributed by atoms with Crippen molar-refractivity contribution in [3.63, 3.8) is 0 Å². The van der Waals surface area contributed by atoms with Gasteiger partial charge < -0.3 is 10.1 Å². The molecule has 1 amide bonds. The van der Waals surface area contributed by atoms with E-state index in [-0.39, 0.29) is 5.69 Å². The highest BCUT2D eigenvalue weighted by molar-refractivity contribution is 7.99. The van der Waals surface area contributed by atoms with E-state index in [4.69, 9.17) is 4.74 Å². The minimum Gasteiger partial charge on any atom is -0.444 e. The summed E-state index contributed by atoms with van der Waals surface area (Å²) in [5.41, 5.74) is 0.318. The molecule has 122 valence electrons. The summed E-state index contributed by atoms with van der Waals surface area (Å²) >= 11 is 1.92. The van der Waals surface area contributed by atoms with Crippen molar-refractivity contribution < 1.29 is 13.9 Å². The van der Waals surface area contributed by atoms with Gasteiger partial charge >= 0.3 is 6.09 Å². The fourth-order valence-corrected chi connectivity index (χ4v) is 3.29. The molecule has 1 aromatic carbocycles. The molecule has 1 aliphatic rings. The molecule has 0 bridgehead atoms. The van der Waals surface area contributed by atoms with Crippen molar-refractivity contribution in [2.24, 2.45) is 0 Å². The standard InChI is InChI=1S/C16H23FN2O2S/c1-16(2,3)21-15(20)19-14-9-11(6-7-13(14)17)18-12-5-4-8-22-10-12/h6-7,9,12,18H,4-5,8,10H2,1-3H3,(H,19,20). The maximum Gasteiger partial charge on any atom is 0.412 e. The Morgan fingerprint density at radius 1 is 1.41 bits per heavy atom. The van der Waals surface area contributed by atoms with E-state index in [9.17, 15) is 9.18 Å². The number of amides is 1. The lowest BCUT2D eigenvalue weighted by atomic mass is 10.1. The highest BCUT2D eigenvalue weighted by Crippen LogP contribution is 2.24. The van der Waals surface area contributed by atoms with Crippen LogP contribution in [0.2, 0.25) is 0 Å². The molecule has 0 radical (unpaired) electrons. The van der Waals surface area contributed by atoms with Crippen LogP contribution in [0.3, 0.4) is 0 Å². The third kappa shape index (κ3) is 5.40. The maximum absolute atomic E-state index is 13.8. The van der Waals surface area contributed by atoms with Crippen LogP contribution in [0.25, 0.3) is 0 Å². The summed E-state index contributed by atoms with van der Waals surface area (Å²) in [5, 5.41) is 5.85. The second kappa shape index (κ2) is 7.22. The quantitative estimate of drug-likeness (QED) is 0.860. The average Bonchev–Trinajstić information content (AvgIpc) is 2.41. The number of thioether (sulfide) groups is 1. The summed E-state index contributed by atoms with van der Waals surface area (Å²) in [5.74, 6) is 1.77. The van der Waals surface area contributed by atoms with Gasteiger partial charge in [0.1, 0.15) is 11.4 Å². The lowest BCUT2D eigenvalue weighted by molar-refractivity contribution is 0.0635. The molecular formula is C16H23FN2O2S. The molecule has 0 saturated carbocycles. The lowest BCUT2D eigenvalue weighted by Gasteiger charge is -2.24. The number of benzene rings is 1. The Bertz CT molecular complexity index is 525. The first-order valence-corrected chi connectivity index (χ1v) is 8.63. The molecule has 1 saturated heterocycles. The molecule has 1 heterocycles.